The van der Waals surface area contributed by atoms with Gasteiger partial charge in [-0.15, -0.1) is 5.10 Å². The number of ether oxygens (including phenoxy) is 2. The lowest BCUT2D eigenvalue weighted by atomic mass is 10.3. The van der Waals surface area contributed by atoms with Crippen LogP contribution in [0, 0.1) is 6.92 Å². The number of hydrogen-bond donors (Lipinski definition) is 0. The van der Waals surface area contributed by atoms with Crippen molar-refractivity contribution >= 4 is 5.97 Å². The fourth-order valence-corrected chi connectivity index (χ4v) is 1.62. The van der Waals surface area contributed by atoms with Crippen LogP contribution in [-0.4, -0.2) is 34.7 Å². The van der Waals surface area contributed by atoms with E-state index in [0.717, 1.165) is 5.69 Å². The Balaban J connectivity index is 2.36. The lowest BCUT2D eigenvalue weighted by molar-refractivity contribution is 0.0518. The van der Waals surface area contributed by atoms with Crippen molar-refractivity contribution in [2.24, 2.45) is 0 Å². The van der Waals surface area contributed by atoms with Crippen molar-refractivity contribution in [2.75, 3.05) is 13.7 Å². The summed E-state index contributed by atoms with van der Waals surface area (Å²) in [5.74, 6) is 0.235. The van der Waals surface area contributed by atoms with Crippen molar-refractivity contribution in [1.29, 1.82) is 0 Å². The van der Waals surface area contributed by atoms with Crippen LogP contribution in [0.2, 0.25) is 0 Å². The molecule has 6 nitrogen and oxygen atoms in total. The van der Waals surface area contributed by atoms with Gasteiger partial charge in [0.15, 0.2) is 5.69 Å². The van der Waals surface area contributed by atoms with Gasteiger partial charge in [-0.25, -0.2) is 4.79 Å². The molecule has 0 fully saturated rings. The number of benzene rings is 1. The Morgan fingerprint density at radius 1 is 1.37 bits per heavy atom. The Morgan fingerprint density at radius 2 is 2.16 bits per heavy atom. The number of nitrogens with zero attached hydrogens (tertiary/aromatic N) is 3. The van der Waals surface area contributed by atoms with Crippen molar-refractivity contribution in [3.63, 3.8) is 0 Å². The van der Waals surface area contributed by atoms with Crippen molar-refractivity contribution in [1.82, 2.24) is 15.0 Å². The van der Waals surface area contributed by atoms with Crippen LogP contribution in [0.4, 0.5) is 0 Å². The molecule has 0 spiro atoms. The summed E-state index contributed by atoms with van der Waals surface area (Å²) in [6.07, 6.45) is 0. The molecule has 0 saturated carbocycles. The van der Waals surface area contributed by atoms with E-state index in [1.54, 1.807) is 27.0 Å². The zero-order chi connectivity index (χ0) is 13.8. The van der Waals surface area contributed by atoms with Gasteiger partial charge in [0.05, 0.1) is 25.1 Å². The average molecular weight is 261 g/mol. The molecular weight excluding hydrogens is 246 g/mol. The molecule has 6 heteroatoms. The Hall–Kier alpha value is -2.37. The van der Waals surface area contributed by atoms with Crippen LogP contribution in [0.5, 0.6) is 5.75 Å². The van der Waals surface area contributed by atoms with Gasteiger partial charge in [-0.3, -0.25) is 0 Å². The largest absolute Gasteiger partial charge is 0.497 e. The first-order chi connectivity index (χ1) is 9.15. The van der Waals surface area contributed by atoms with E-state index in [2.05, 4.69) is 10.2 Å². The van der Waals surface area contributed by atoms with E-state index in [1.807, 2.05) is 18.2 Å². The molecule has 100 valence electrons. The highest BCUT2D eigenvalue weighted by molar-refractivity contribution is 5.88. The predicted octanol–water partition coefficient (Wildman–Crippen LogP) is 1.76. The third kappa shape index (κ3) is 2.73. The zero-order valence-electron chi connectivity index (χ0n) is 11.1. The number of esters is 1. The highest BCUT2D eigenvalue weighted by Crippen LogP contribution is 2.16. The average Bonchev–Trinajstić information content (AvgIpc) is 2.81. The van der Waals surface area contributed by atoms with Crippen LogP contribution in [0.25, 0.3) is 5.69 Å². The van der Waals surface area contributed by atoms with E-state index in [-0.39, 0.29) is 5.69 Å². The van der Waals surface area contributed by atoms with Gasteiger partial charge in [-0.1, -0.05) is 6.07 Å². The fraction of sp³-hybridized carbons (Fsp3) is 0.308. The normalized spacial score (nSPS) is 10.3. The van der Waals surface area contributed by atoms with Gasteiger partial charge in [-0.2, -0.15) is 9.90 Å². The van der Waals surface area contributed by atoms with E-state index < -0.39 is 5.97 Å². The Kier molecular flexibility index (Phi) is 3.79. The number of hydrogen-bond acceptors (Lipinski definition) is 5. The molecule has 2 rings (SSSR count). The Bertz CT molecular complexity index is 593. The topological polar surface area (TPSA) is 66.2 Å². The summed E-state index contributed by atoms with van der Waals surface area (Å²) in [5.41, 5.74) is 1.48. The summed E-state index contributed by atoms with van der Waals surface area (Å²) < 4.78 is 10.1. The molecule has 1 aromatic carbocycles. The maximum atomic E-state index is 11.7. The number of aryl methyl sites for hydroxylation is 1. The van der Waals surface area contributed by atoms with Crippen LogP contribution in [0.15, 0.2) is 24.3 Å². The molecule has 0 aliphatic rings. The lowest BCUT2D eigenvalue weighted by Crippen LogP contribution is -2.07. The molecule has 19 heavy (non-hydrogen) atoms. The number of aromatic nitrogens is 3. The van der Waals surface area contributed by atoms with Crippen molar-refractivity contribution in [3.05, 3.63) is 35.7 Å². The second kappa shape index (κ2) is 5.51. The second-order valence-corrected chi connectivity index (χ2v) is 3.85. The molecule has 0 aliphatic heterocycles. The van der Waals surface area contributed by atoms with Crippen molar-refractivity contribution in [2.45, 2.75) is 13.8 Å². The minimum atomic E-state index is -0.464. The van der Waals surface area contributed by atoms with Gasteiger partial charge in [-0.05, 0) is 26.0 Å². The molecule has 1 aromatic heterocycles. The zero-order valence-corrected chi connectivity index (χ0v) is 11.1. The van der Waals surface area contributed by atoms with Gasteiger partial charge in [0.25, 0.3) is 0 Å². The molecular formula is C13H15N3O3. The quantitative estimate of drug-likeness (QED) is 0.784. The van der Waals surface area contributed by atoms with Crippen molar-refractivity contribution < 1.29 is 14.3 Å². The molecule has 0 N–H and O–H groups in total. The van der Waals surface area contributed by atoms with Gasteiger partial charge >= 0.3 is 5.97 Å². The predicted molar refractivity (Wildman–Crippen MR) is 68.6 cm³/mol. The monoisotopic (exact) mass is 261 g/mol. The van der Waals surface area contributed by atoms with E-state index in [0.29, 0.717) is 18.1 Å². The van der Waals surface area contributed by atoms with Crippen LogP contribution in [-0.2, 0) is 4.74 Å². The van der Waals surface area contributed by atoms with Gasteiger partial charge in [0.1, 0.15) is 5.75 Å². The third-order valence-electron chi connectivity index (χ3n) is 2.54. The summed E-state index contributed by atoms with van der Waals surface area (Å²) in [6, 6.07) is 7.27. The van der Waals surface area contributed by atoms with Crippen molar-refractivity contribution in [3.8, 4) is 11.4 Å². The van der Waals surface area contributed by atoms with Gasteiger partial charge < -0.3 is 9.47 Å². The summed E-state index contributed by atoms with van der Waals surface area (Å²) in [7, 11) is 1.59. The standard InChI is InChI=1S/C13H15N3O3/c1-4-19-13(17)12-9(2)14-16(15-12)10-6-5-7-11(8-10)18-3/h5-8H,4H2,1-3H3. The highest BCUT2D eigenvalue weighted by Gasteiger charge is 2.17. The van der Waals surface area contributed by atoms with Crippen LogP contribution < -0.4 is 4.74 Å². The molecule has 0 unspecified atom stereocenters. The Labute approximate surface area is 110 Å². The van der Waals surface area contributed by atoms with Gasteiger partial charge in [0.2, 0.25) is 0 Å². The SMILES string of the molecule is CCOC(=O)c1nn(-c2cccc(OC)c2)nc1C. The third-order valence-corrected chi connectivity index (χ3v) is 2.54. The van der Waals surface area contributed by atoms with Crippen LogP contribution in [0.1, 0.15) is 23.1 Å². The first kappa shape index (κ1) is 13.1. The first-order valence-electron chi connectivity index (χ1n) is 5.91. The maximum absolute atomic E-state index is 11.7. The van der Waals surface area contributed by atoms with Crippen LogP contribution in [0.3, 0.4) is 0 Å². The first-order valence-corrected chi connectivity index (χ1v) is 5.91. The minimum Gasteiger partial charge on any atom is -0.497 e. The molecule has 0 bridgehead atoms. The number of methoxy groups -OCH3 is 1. The number of carbonyl (C=O) groups excluding carboxylic acids is 1. The number of rotatable bonds is 4. The number of carbonyl (C=O) groups is 1. The van der Waals surface area contributed by atoms with E-state index in [4.69, 9.17) is 9.47 Å². The molecule has 0 atom stereocenters. The molecule has 2 aromatic rings. The van der Waals surface area contributed by atoms with Gasteiger partial charge in [0, 0.05) is 6.07 Å². The molecule has 1 heterocycles. The minimum absolute atomic E-state index is 0.227. The second-order valence-electron chi connectivity index (χ2n) is 3.85. The summed E-state index contributed by atoms with van der Waals surface area (Å²) in [6.45, 7) is 3.78. The molecule has 0 amide bonds. The van der Waals surface area contributed by atoms with E-state index in [1.165, 1.54) is 4.80 Å². The summed E-state index contributed by atoms with van der Waals surface area (Å²) in [4.78, 5) is 13.1. The fourth-order valence-electron chi connectivity index (χ4n) is 1.62. The Morgan fingerprint density at radius 3 is 2.84 bits per heavy atom. The van der Waals surface area contributed by atoms with E-state index in [9.17, 15) is 4.79 Å². The molecule has 0 radical (unpaired) electrons. The summed E-state index contributed by atoms with van der Waals surface area (Å²) in [5, 5.41) is 8.36. The smallest absolute Gasteiger partial charge is 0.360 e. The highest BCUT2D eigenvalue weighted by atomic mass is 16.5. The summed E-state index contributed by atoms with van der Waals surface area (Å²) >= 11 is 0. The molecule has 0 aliphatic carbocycles. The molecule has 0 saturated heterocycles. The lowest BCUT2D eigenvalue weighted by Gasteiger charge is -2.02. The van der Waals surface area contributed by atoms with Crippen LogP contribution >= 0.6 is 0 Å². The van der Waals surface area contributed by atoms with E-state index >= 15 is 0 Å². The maximum Gasteiger partial charge on any atom is 0.360 e.